The highest BCUT2D eigenvalue weighted by atomic mass is 16.6. The summed E-state index contributed by atoms with van der Waals surface area (Å²) in [6, 6.07) is 5.55. The molecule has 0 fully saturated rings. The number of carbonyl (C=O) groups is 2. The maximum atomic E-state index is 12.4. The van der Waals surface area contributed by atoms with Crippen LogP contribution in [0.1, 0.15) is 47.1 Å². The van der Waals surface area contributed by atoms with Gasteiger partial charge in [0.25, 0.3) is 5.91 Å². The van der Waals surface area contributed by atoms with Crippen LogP contribution in [-0.4, -0.2) is 24.2 Å². The van der Waals surface area contributed by atoms with Crippen LogP contribution >= 0.6 is 0 Å². The third-order valence-electron chi connectivity index (χ3n) is 3.24. The summed E-state index contributed by atoms with van der Waals surface area (Å²) in [5.41, 5.74) is 0.683. The molecule has 0 bridgehead atoms. The average Bonchev–Trinajstić information content (AvgIpc) is 2.34. The van der Waals surface area contributed by atoms with Crippen LogP contribution in [-0.2, 0) is 14.9 Å². The first-order chi connectivity index (χ1) is 9.99. The fourth-order valence-electron chi connectivity index (χ4n) is 2.13. The molecule has 1 aromatic rings. The summed E-state index contributed by atoms with van der Waals surface area (Å²) in [6.07, 6.45) is -0.673. The van der Waals surface area contributed by atoms with E-state index in [2.05, 4.69) is 20.8 Å². The number of imide groups is 1. The summed E-state index contributed by atoms with van der Waals surface area (Å²) >= 11 is 0. The maximum absolute atomic E-state index is 12.4. The summed E-state index contributed by atoms with van der Waals surface area (Å²) in [7, 11) is 0. The molecule has 1 heterocycles. The van der Waals surface area contributed by atoms with E-state index in [4.69, 9.17) is 9.47 Å². The lowest BCUT2D eigenvalue weighted by molar-refractivity contribution is -0.121. The first-order valence-corrected chi connectivity index (χ1v) is 7.32. The van der Waals surface area contributed by atoms with Gasteiger partial charge in [-0.1, -0.05) is 26.8 Å². The van der Waals surface area contributed by atoms with Crippen molar-refractivity contribution in [3.8, 4) is 5.75 Å². The van der Waals surface area contributed by atoms with Gasteiger partial charge < -0.3 is 9.47 Å². The number of fused-ring (bicyclic) bond motifs is 1. The van der Waals surface area contributed by atoms with Crippen LogP contribution in [0.4, 0.5) is 10.5 Å². The molecule has 0 spiro atoms. The van der Waals surface area contributed by atoms with Gasteiger partial charge in [-0.2, -0.15) is 0 Å². The van der Waals surface area contributed by atoms with Crippen molar-refractivity contribution in [1.82, 2.24) is 0 Å². The zero-order valence-corrected chi connectivity index (χ0v) is 14.0. The standard InChI is InChI=1S/C17H23NO4/c1-16(2,3)11-7-8-13-12(9-11)18(14(19)10-21-13)15(20)22-17(4,5)6/h7-9H,10H2,1-6H3. The minimum absolute atomic E-state index is 0.102. The predicted molar refractivity (Wildman–Crippen MR) is 84.4 cm³/mol. The van der Waals surface area contributed by atoms with Crippen molar-refractivity contribution in [2.75, 3.05) is 11.5 Å². The Hall–Kier alpha value is -2.04. The zero-order valence-electron chi connectivity index (χ0n) is 14.0. The molecule has 1 aromatic carbocycles. The molecule has 2 rings (SSSR count). The van der Waals surface area contributed by atoms with Gasteiger partial charge in [-0.3, -0.25) is 4.79 Å². The van der Waals surface area contributed by atoms with Crippen LogP contribution in [0.15, 0.2) is 18.2 Å². The first kappa shape index (κ1) is 16.3. The van der Waals surface area contributed by atoms with Crippen LogP contribution in [0.5, 0.6) is 5.75 Å². The van der Waals surface area contributed by atoms with E-state index in [0.29, 0.717) is 11.4 Å². The number of anilines is 1. The minimum atomic E-state index is -0.673. The quantitative estimate of drug-likeness (QED) is 0.734. The van der Waals surface area contributed by atoms with Gasteiger partial charge in [0.2, 0.25) is 0 Å². The molecule has 0 radical (unpaired) electrons. The fraction of sp³-hybridized carbons (Fsp3) is 0.529. The van der Waals surface area contributed by atoms with E-state index in [1.807, 2.05) is 12.1 Å². The lowest BCUT2D eigenvalue weighted by Gasteiger charge is -2.31. The topological polar surface area (TPSA) is 55.8 Å². The monoisotopic (exact) mass is 305 g/mol. The smallest absolute Gasteiger partial charge is 0.421 e. The van der Waals surface area contributed by atoms with Gasteiger partial charge in [0.05, 0.1) is 5.69 Å². The van der Waals surface area contributed by atoms with Gasteiger partial charge in [-0.15, -0.1) is 0 Å². The number of amides is 2. The molecular formula is C17H23NO4. The molecule has 5 nitrogen and oxygen atoms in total. The average molecular weight is 305 g/mol. The highest BCUT2D eigenvalue weighted by Gasteiger charge is 2.35. The number of hydrogen-bond donors (Lipinski definition) is 0. The van der Waals surface area contributed by atoms with Gasteiger partial charge in [-0.25, -0.2) is 9.69 Å². The molecule has 0 saturated carbocycles. The molecular weight excluding hydrogens is 282 g/mol. The first-order valence-electron chi connectivity index (χ1n) is 7.32. The van der Waals surface area contributed by atoms with E-state index in [1.165, 1.54) is 0 Å². The second-order valence-corrected chi connectivity index (χ2v) is 7.43. The number of nitrogens with zero attached hydrogens (tertiary/aromatic N) is 1. The van der Waals surface area contributed by atoms with Gasteiger partial charge in [0, 0.05) is 0 Å². The van der Waals surface area contributed by atoms with Gasteiger partial charge in [0.1, 0.15) is 11.4 Å². The maximum Gasteiger partial charge on any atom is 0.421 e. The second-order valence-electron chi connectivity index (χ2n) is 7.43. The predicted octanol–water partition coefficient (Wildman–Crippen LogP) is 3.64. The Morgan fingerprint density at radius 2 is 1.82 bits per heavy atom. The Morgan fingerprint density at radius 1 is 1.18 bits per heavy atom. The van der Waals surface area contributed by atoms with E-state index in [-0.39, 0.29) is 12.0 Å². The Balaban J connectivity index is 2.45. The van der Waals surface area contributed by atoms with Crippen LogP contribution in [0.2, 0.25) is 0 Å². The molecule has 22 heavy (non-hydrogen) atoms. The van der Waals surface area contributed by atoms with Crippen molar-refractivity contribution >= 4 is 17.7 Å². The number of hydrogen-bond acceptors (Lipinski definition) is 4. The molecule has 0 atom stereocenters. The van der Waals surface area contributed by atoms with Crippen LogP contribution < -0.4 is 9.64 Å². The summed E-state index contributed by atoms with van der Waals surface area (Å²) in [5.74, 6) is 0.0891. The van der Waals surface area contributed by atoms with Crippen molar-refractivity contribution < 1.29 is 19.1 Å². The number of benzene rings is 1. The summed E-state index contributed by atoms with van der Waals surface area (Å²) in [4.78, 5) is 25.6. The molecule has 0 aliphatic carbocycles. The molecule has 1 aliphatic heterocycles. The highest BCUT2D eigenvalue weighted by molar-refractivity contribution is 6.15. The van der Waals surface area contributed by atoms with Crippen LogP contribution in [0.3, 0.4) is 0 Å². The van der Waals surface area contributed by atoms with Crippen LogP contribution in [0, 0.1) is 0 Å². The summed E-state index contributed by atoms with van der Waals surface area (Å²) in [6.45, 7) is 11.3. The summed E-state index contributed by atoms with van der Waals surface area (Å²) < 4.78 is 10.8. The molecule has 0 saturated heterocycles. The molecule has 120 valence electrons. The normalized spacial score (nSPS) is 15.2. The van der Waals surface area contributed by atoms with Crippen molar-refractivity contribution in [2.24, 2.45) is 0 Å². The summed E-state index contributed by atoms with van der Waals surface area (Å²) in [5, 5.41) is 0. The molecule has 0 unspecified atom stereocenters. The lowest BCUT2D eigenvalue weighted by atomic mass is 9.86. The molecule has 2 amide bonds. The lowest BCUT2D eigenvalue weighted by Crippen LogP contribution is -2.45. The largest absolute Gasteiger partial charge is 0.482 e. The van der Waals surface area contributed by atoms with Gasteiger partial charge in [-0.05, 0) is 43.9 Å². The van der Waals surface area contributed by atoms with E-state index in [9.17, 15) is 9.59 Å². The van der Waals surface area contributed by atoms with Crippen molar-refractivity contribution in [2.45, 2.75) is 52.6 Å². The van der Waals surface area contributed by atoms with Crippen molar-refractivity contribution in [3.05, 3.63) is 23.8 Å². The van der Waals surface area contributed by atoms with Gasteiger partial charge >= 0.3 is 6.09 Å². The Labute approximate surface area is 131 Å². The molecule has 1 aliphatic rings. The van der Waals surface area contributed by atoms with E-state index in [1.54, 1.807) is 26.8 Å². The number of ether oxygens (including phenoxy) is 2. The molecule has 5 heteroatoms. The zero-order chi connectivity index (χ0) is 16.7. The minimum Gasteiger partial charge on any atom is -0.482 e. The van der Waals surface area contributed by atoms with Crippen molar-refractivity contribution in [1.29, 1.82) is 0 Å². The van der Waals surface area contributed by atoms with Crippen LogP contribution in [0.25, 0.3) is 0 Å². The number of carbonyl (C=O) groups excluding carboxylic acids is 2. The van der Waals surface area contributed by atoms with Crippen molar-refractivity contribution in [3.63, 3.8) is 0 Å². The Kier molecular flexibility index (Phi) is 3.94. The fourth-order valence-corrected chi connectivity index (χ4v) is 2.13. The molecule has 0 N–H and O–H groups in total. The Morgan fingerprint density at radius 3 is 2.36 bits per heavy atom. The van der Waals surface area contributed by atoms with Gasteiger partial charge in [0.15, 0.2) is 6.61 Å². The van der Waals surface area contributed by atoms with E-state index >= 15 is 0 Å². The third-order valence-corrected chi connectivity index (χ3v) is 3.24. The highest BCUT2D eigenvalue weighted by Crippen LogP contribution is 2.37. The third kappa shape index (κ3) is 3.40. The second kappa shape index (κ2) is 5.30. The molecule has 0 aromatic heterocycles. The SMILES string of the molecule is CC(C)(C)OC(=O)N1C(=O)COc2ccc(C(C)(C)C)cc21. The van der Waals surface area contributed by atoms with E-state index < -0.39 is 17.6 Å². The van der Waals surface area contributed by atoms with E-state index in [0.717, 1.165) is 10.5 Å². The number of rotatable bonds is 0. The Bertz CT molecular complexity index is 608.